The number of rotatable bonds is 1. The van der Waals surface area contributed by atoms with Gasteiger partial charge in [0.25, 0.3) is 0 Å². The van der Waals surface area contributed by atoms with Gasteiger partial charge in [-0.05, 0) is 49.9 Å². The molecule has 0 saturated heterocycles. The summed E-state index contributed by atoms with van der Waals surface area (Å²) >= 11 is 0. The van der Waals surface area contributed by atoms with Crippen LogP contribution in [-0.4, -0.2) is 5.54 Å². The first-order chi connectivity index (χ1) is 7.02. The van der Waals surface area contributed by atoms with Crippen LogP contribution >= 0.6 is 0 Å². The molecule has 1 heteroatoms. The van der Waals surface area contributed by atoms with E-state index in [-0.39, 0.29) is 5.54 Å². The van der Waals surface area contributed by atoms with Crippen molar-refractivity contribution < 1.29 is 0 Å². The van der Waals surface area contributed by atoms with Crippen LogP contribution in [0.3, 0.4) is 0 Å². The zero-order valence-electron chi connectivity index (χ0n) is 10.5. The monoisotopic (exact) mass is 209 g/mol. The minimum absolute atomic E-state index is 0.217. The molecule has 0 spiro atoms. The van der Waals surface area contributed by atoms with Crippen molar-refractivity contribution in [2.24, 2.45) is 17.1 Å². The topological polar surface area (TPSA) is 26.0 Å². The smallest absolute Gasteiger partial charge is 0.0182 e. The molecule has 88 valence electrons. The van der Waals surface area contributed by atoms with E-state index in [1.54, 1.807) is 0 Å². The third kappa shape index (κ3) is 2.55. The maximum Gasteiger partial charge on any atom is 0.0182 e. The Kier molecular flexibility index (Phi) is 3.12. The predicted molar refractivity (Wildman–Crippen MR) is 65.7 cm³/mol. The van der Waals surface area contributed by atoms with E-state index in [9.17, 15) is 0 Å². The van der Waals surface area contributed by atoms with E-state index in [2.05, 4.69) is 13.8 Å². The molecule has 0 aromatic rings. The Hall–Kier alpha value is -0.0400. The van der Waals surface area contributed by atoms with Gasteiger partial charge in [0.15, 0.2) is 0 Å². The van der Waals surface area contributed by atoms with Crippen LogP contribution in [0.25, 0.3) is 0 Å². The third-order valence-corrected chi connectivity index (χ3v) is 4.94. The molecule has 2 saturated carbocycles. The van der Waals surface area contributed by atoms with Crippen LogP contribution in [0.15, 0.2) is 0 Å². The summed E-state index contributed by atoms with van der Waals surface area (Å²) in [6, 6.07) is 0. The standard InChI is InChI=1S/C14H27N/c1-13(2)10-6-12(7-11-13)14(15)8-4-3-5-9-14/h12H,3-11,15H2,1-2H3. The van der Waals surface area contributed by atoms with E-state index < -0.39 is 0 Å². The molecule has 0 atom stereocenters. The summed E-state index contributed by atoms with van der Waals surface area (Å²) in [6.45, 7) is 4.82. The van der Waals surface area contributed by atoms with Gasteiger partial charge in [-0.15, -0.1) is 0 Å². The van der Waals surface area contributed by atoms with Gasteiger partial charge in [0.05, 0.1) is 0 Å². The van der Waals surface area contributed by atoms with Gasteiger partial charge in [-0.25, -0.2) is 0 Å². The molecule has 2 rings (SSSR count). The Morgan fingerprint density at radius 1 is 0.867 bits per heavy atom. The van der Waals surface area contributed by atoms with Crippen molar-refractivity contribution in [2.45, 2.75) is 77.2 Å². The molecule has 0 aliphatic heterocycles. The molecule has 0 unspecified atom stereocenters. The molecule has 0 radical (unpaired) electrons. The molecule has 2 aliphatic carbocycles. The van der Waals surface area contributed by atoms with Crippen LogP contribution < -0.4 is 5.73 Å². The van der Waals surface area contributed by atoms with Gasteiger partial charge < -0.3 is 5.73 Å². The molecule has 2 fully saturated rings. The van der Waals surface area contributed by atoms with Crippen molar-refractivity contribution in [1.82, 2.24) is 0 Å². The predicted octanol–water partition coefficient (Wildman–Crippen LogP) is 3.86. The number of hydrogen-bond acceptors (Lipinski definition) is 1. The van der Waals surface area contributed by atoms with E-state index in [0.717, 1.165) is 5.92 Å². The van der Waals surface area contributed by atoms with Gasteiger partial charge in [0, 0.05) is 5.54 Å². The Bertz CT molecular complexity index is 203. The maximum absolute atomic E-state index is 6.62. The summed E-state index contributed by atoms with van der Waals surface area (Å²) in [5.74, 6) is 0.825. The summed E-state index contributed by atoms with van der Waals surface area (Å²) in [5.41, 5.74) is 7.42. The average Bonchev–Trinajstić information content (AvgIpc) is 2.18. The lowest BCUT2D eigenvalue weighted by Gasteiger charge is -2.45. The van der Waals surface area contributed by atoms with Gasteiger partial charge in [0.1, 0.15) is 0 Å². The minimum atomic E-state index is 0.217. The molecule has 0 amide bonds. The van der Waals surface area contributed by atoms with E-state index in [1.807, 2.05) is 0 Å². The molecule has 0 aromatic carbocycles. The molecule has 2 N–H and O–H groups in total. The van der Waals surface area contributed by atoms with E-state index in [4.69, 9.17) is 5.73 Å². The molecule has 2 aliphatic rings. The molecule has 0 aromatic heterocycles. The minimum Gasteiger partial charge on any atom is -0.325 e. The normalized spacial score (nSPS) is 31.4. The van der Waals surface area contributed by atoms with E-state index >= 15 is 0 Å². The van der Waals surface area contributed by atoms with Crippen molar-refractivity contribution in [3.63, 3.8) is 0 Å². The van der Waals surface area contributed by atoms with Crippen LogP contribution in [0, 0.1) is 11.3 Å². The van der Waals surface area contributed by atoms with Gasteiger partial charge in [0.2, 0.25) is 0 Å². The molecular weight excluding hydrogens is 182 g/mol. The summed E-state index contributed by atoms with van der Waals surface area (Å²) < 4.78 is 0. The highest BCUT2D eigenvalue weighted by atomic mass is 14.8. The second-order valence-corrected chi connectivity index (χ2v) is 6.73. The van der Waals surface area contributed by atoms with Crippen LogP contribution in [0.4, 0.5) is 0 Å². The highest BCUT2D eigenvalue weighted by molar-refractivity contribution is 4.96. The first-order valence-electron chi connectivity index (χ1n) is 6.81. The first-order valence-corrected chi connectivity index (χ1v) is 6.81. The molecule has 0 heterocycles. The van der Waals surface area contributed by atoms with E-state index in [0.29, 0.717) is 5.41 Å². The zero-order chi connectivity index (χ0) is 10.9. The summed E-state index contributed by atoms with van der Waals surface area (Å²) in [7, 11) is 0. The second kappa shape index (κ2) is 4.08. The van der Waals surface area contributed by atoms with Crippen molar-refractivity contribution in [3.05, 3.63) is 0 Å². The number of hydrogen-bond donors (Lipinski definition) is 1. The second-order valence-electron chi connectivity index (χ2n) is 6.73. The largest absolute Gasteiger partial charge is 0.325 e. The fraction of sp³-hybridized carbons (Fsp3) is 1.00. The fourth-order valence-electron chi connectivity index (χ4n) is 3.59. The quantitative estimate of drug-likeness (QED) is 0.697. The SMILES string of the molecule is CC1(C)CCC(C2(N)CCCCC2)CC1. The van der Waals surface area contributed by atoms with Crippen LogP contribution in [-0.2, 0) is 0 Å². The van der Waals surface area contributed by atoms with Crippen molar-refractivity contribution >= 4 is 0 Å². The summed E-state index contributed by atoms with van der Waals surface area (Å²) in [5, 5.41) is 0. The van der Waals surface area contributed by atoms with Gasteiger partial charge in [-0.2, -0.15) is 0 Å². The fourth-order valence-corrected chi connectivity index (χ4v) is 3.59. The lowest BCUT2D eigenvalue weighted by Crippen LogP contribution is -2.50. The molecule has 1 nitrogen and oxygen atoms in total. The Balaban J connectivity index is 1.94. The van der Waals surface area contributed by atoms with Gasteiger partial charge >= 0.3 is 0 Å². The van der Waals surface area contributed by atoms with Gasteiger partial charge in [-0.1, -0.05) is 33.1 Å². The summed E-state index contributed by atoms with van der Waals surface area (Å²) in [6.07, 6.45) is 12.3. The van der Waals surface area contributed by atoms with Gasteiger partial charge in [-0.3, -0.25) is 0 Å². The van der Waals surface area contributed by atoms with Crippen molar-refractivity contribution in [1.29, 1.82) is 0 Å². The zero-order valence-corrected chi connectivity index (χ0v) is 10.5. The van der Waals surface area contributed by atoms with Crippen LogP contribution in [0.1, 0.15) is 71.6 Å². The Morgan fingerprint density at radius 3 is 1.93 bits per heavy atom. The average molecular weight is 209 g/mol. The molecule has 0 bridgehead atoms. The lowest BCUT2D eigenvalue weighted by molar-refractivity contribution is 0.103. The Labute approximate surface area is 94.8 Å². The third-order valence-electron chi connectivity index (χ3n) is 4.94. The Morgan fingerprint density at radius 2 is 1.40 bits per heavy atom. The van der Waals surface area contributed by atoms with Crippen LogP contribution in [0.5, 0.6) is 0 Å². The molecular formula is C14H27N. The van der Waals surface area contributed by atoms with E-state index in [1.165, 1.54) is 57.8 Å². The number of nitrogens with two attached hydrogens (primary N) is 1. The molecule has 15 heavy (non-hydrogen) atoms. The van der Waals surface area contributed by atoms with Crippen molar-refractivity contribution in [3.8, 4) is 0 Å². The highest BCUT2D eigenvalue weighted by Crippen LogP contribution is 2.45. The van der Waals surface area contributed by atoms with Crippen molar-refractivity contribution in [2.75, 3.05) is 0 Å². The maximum atomic E-state index is 6.62. The van der Waals surface area contributed by atoms with Crippen LogP contribution in [0.2, 0.25) is 0 Å². The highest BCUT2D eigenvalue weighted by Gasteiger charge is 2.39. The first kappa shape index (κ1) is 11.4. The summed E-state index contributed by atoms with van der Waals surface area (Å²) in [4.78, 5) is 0. The lowest BCUT2D eigenvalue weighted by atomic mass is 9.63.